The quantitative estimate of drug-likeness (QED) is 0.271. The molecule has 9 nitrogen and oxygen atoms in total. The highest BCUT2D eigenvalue weighted by Crippen LogP contribution is 2.27. The maximum absolute atomic E-state index is 10.6. The average Bonchev–Trinajstić information content (AvgIpc) is 3.64. The van der Waals surface area contributed by atoms with Crippen LogP contribution in [-0.4, -0.2) is 75.5 Å². The SMILES string of the molecule is CCc1ccccc1-c1noc(CN2CCN(C[C@H](O)COc3ccc4oc(-c5ccccc5)nc4c3)CC2)n1. The minimum Gasteiger partial charge on any atom is -0.491 e. The van der Waals surface area contributed by atoms with E-state index in [1.165, 1.54) is 5.56 Å². The monoisotopic (exact) mass is 539 g/mol. The van der Waals surface area contributed by atoms with Gasteiger partial charge in [-0.15, -0.1) is 0 Å². The van der Waals surface area contributed by atoms with E-state index in [-0.39, 0.29) is 6.61 Å². The molecule has 0 aliphatic carbocycles. The Hall–Kier alpha value is -4.05. The van der Waals surface area contributed by atoms with Crippen LogP contribution in [0.15, 0.2) is 81.7 Å². The molecule has 0 bridgehead atoms. The van der Waals surface area contributed by atoms with Crippen LogP contribution in [0.1, 0.15) is 18.4 Å². The predicted octanol–water partition coefficient (Wildman–Crippen LogP) is 4.66. The van der Waals surface area contributed by atoms with E-state index in [1.54, 1.807) is 0 Å². The van der Waals surface area contributed by atoms with Crippen LogP contribution < -0.4 is 4.74 Å². The molecule has 0 radical (unpaired) electrons. The second-order valence-corrected chi connectivity index (χ2v) is 10.1. The highest BCUT2D eigenvalue weighted by Gasteiger charge is 2.22. The van der Waals surface area contributed by atoms with Crippen molar-refractivity contribution in [3.8, 4) is 28.6 Å². The number of aliphatic hydroxyl groups excluding tert-OH is 1. The number of aromatic nitrogens is 3. The summed E-state index contributed by atoms with van der Waals surface area (Å²) in [6, 6.07) is 23.5. The number of benzene rings is 3. The van der Waals surface area contributed by atoms with Crippen molar-refractivity contribution < 1.29 is 18.8 Å². The van der Waals surface area contributed by atoms with E-state index in [0.717, 1.165) is 49.2 Å². The van der Waals surface area contributed by atoms with Crippen LogP contribution in [0.4, 0.5) is 0 Å². The first-order valence-electron chi connectivity index (χ1n) is 13.8. The molecule has 3 heterocycles. The van der Waals surface area contributed by atoms with Gasteiger partial charge in [0.2, 0.25) is 17.6 Å². The fourth-order valence-corrected chi connectivity index (χ4v) is 5.04. The predicted molar refractivity (Wildman–Crippen MR) is 152 cm³/mol. The van der Waals surface area contributed by atoms with Gasteiger partial charge in [0.25, 0.3) is 0 Å². The van der Waals surface area contributed by atoms with Gasteiger partial charge in [0.15, 0.2) is 5.58 Å². The number of hydrogen-bond donors (Lipinski definition) is 1. The lowest BCUT2D eigenvalue weighted by Gasteiger charge is -2.34. The number of β-amino-alcohol motifs (C(OH)–C–C–N with tert-alkyl or cyclic N) is 1. The zero-order valence-corrected chi connectivity index (χ0v) is 22.6. The summed E-state index contributed by atoms with van der Waals surface area (Å²) in [7, 11) is 0. The first-order valence-corrected chi connectivity index (χ1v) is 13.8. The molecule has 1 aliphatic heterocycles. The van der Waals surface area contributed by atoms with Crippen molar-refractivity contribution in [1.82, 2.24) is 24.9 Å². The summed E-state index contributed by atoms with van der Waals surface area (Å²) in [5.74, 6) is 2.51. The van der Waals surface area contributed by atoms with E-state index in [2.05, 4.69) is 37.9 Å². The van der Waals surface area contributed by atoms with Gasteiger partial charge in [-0.3, -0.25) is 9.80 Å². The van der Waals surface area contributed by atoms with Crippen molar-refractivity contribution in [2.45, 2.75) is 26.0 Å². The third-order valence-electron chi connectivity index (χ3n) is 7.22. The molecule has 5 aromatic rings. The van der Waals surface area contributed by atoms with E-state index in [4.69, 9.17) is 13.7 Å². The van der Waals surface area contributed by atoms with Crippen molar-refractivity contribution in [2.24, 2.45) is 0 Å². The van der Waals surface area contributed by atoms with Gasteiger partial charge >= 0.3 is 0 Å². The summed E-state index contributed by atoms with van der Waals surface area (Å²) in [6.07, 6.45) is 0.322. The van der Waals surface area contributed by atoms with Gasteiger partial charge < -0.3 is 18.8 Å². The molecule has 1 N–H and O–H groups in total. The van der Waals surface area contributed by atoms with Gasteiger partial charge in [0, 0.05) is 49.9 Å². The zero-order valence-electron chi connectivity index (χ0n) is 22.6. The normalized spacial score (nSPS) is 15.4. The Kier molecular flexibility index (Phi) is 7.85. The molecule has 1 aliphatic rings. The minimum absolute atomic E-state index is 0.207. The standard InChI is InChI=1S/C31H33N5O4/c1-2-22-8-6-7-11-26(22)30-33-29(40-34-30)20-36-16-14-35(15-17-36)19-24(37)21-38-25-12-13-28-27(18-25)32-31(39-28)23-9-4-3-5-10-23/h3-13,18,24,37H,2,14-17,19-21H2,1H3/t24-/m0/s1. The van der Waals surface area contributed by atoms with Crippen LogP contribution in [0.2, 0.25) is 0 Å². The maximum atomic E-state index is 10.6. The summed E-state index contributed by atoms with van der Waals surface area (Å²) < 4.78 is 17.3. The van der Waals surface area contributed by atoms with Crippen molar-refractivity contribution in [3.05, 3.63) is 84.3 Å². The van der Waals surface area contributed by atoms with Gasteiger partial charge in [0.1, 0.15) is 24.0 Å². The minimum atomic E-state index is -0.600. The Bertz CT molecular complexity index is 1540. The molecule has 0 spiro atoms. The fraction of sp³-hybridized carbons (Fsp3) is 0.323. The van der Waals surface area contributed by atoms with E-state index in [9.17, 15) is 5.11 Å². The van der Waals surface area contributed by atoms with Crippen molar-refractivity contribution in [3.63, 3.8) is 0 Å². The second kappa shape index (κ2) is 12.0. The molecular weight excluding hydrogens is 506 g/mol. The average molecular weight is 540 g/mol. The summed E-state index contributed by atoms with van der Waals surface area (Å²) in [5, 5.41) is 14.8. The zero-order chi connectivity index (χ0) is 27.3. The second-order valence-electron chi connectivity index (χ2n) is 10.1. The Morgan fingerprint density at radius 3 is 2.52 bits per heavy atom. The summed E-state index contributed by atoms with van der Waals surface area (Å²) in [5.41, 5.74) is 4.59. The molecule has 40 heavy (non-hydrogen) atoms. The van der Waals surface area contributed by atoms with Crippen LogP contribution in [0.3, 0.4) is 0 Å². The van der Waals surface area contributed by atoms with E-state index >= 15 is 0 Å². The molecule has 1 atom stereocenters. The highest BCUT2D eigenvalue weighted by atomic mass is 16.5. The number of piperazine rings is 1. The number of aryl methyl sites for hydroxylation is 1. The summed E-state index contributed by atoms with van der Waals surface area (Å²) >= 11 is 0. The molecule has 0 amide bonds. The molecule has 0 unspecified atom stereocenters. The number of oxazole rings is 1. The number of aliphatic hydroxyl groups is 1. The maximum Gasteiger partial charge on any atom is 0.241 e. The first kappa shape index (κ1) is 26.2. The van der Waals surface area contributed by atoms with Gasteiger partial charge in [-0.25, -0.2) is 4.98 Å². The summed E-state index contributed by atoms with van der Waals surface area (Å²) in [6.45, 7) is 6.94. The topological polar surface area (TPSA) is 101 Å². The molecule has 6 rings (SSSR count). The number of rotatable bonds is 10. The third kappa shape index (κ3) is 6.07. The Labute approximate surface area is 233 Å². The molecule has 1 saturated heterocycles. The van der Waals surface area contributed by atoms with E-state index < -0.39 is 6.10 Å². The largest absolute Gasteiger partial charge is 0.491 e. The highest BCUT2D eigenvalue weighted by molar-refractivity contribution is 5.77. The van der Waals surface area contributed by atoms with E-state index in [0.29, 0.717) is 42.0 Å². The Morgan fingerprint density at radius 2 is 1.70 bits per heavy atom. The lowest BCUT2D eigenvalue weighted by Crippen LogP contribution is -2.48. The van der Waals surface area contributed by atoms with Gasteiger partial charge in [-0.2, -0.15) is 4.98 Å². The van der Waals surface area contributed by atoms with Crippen LogP contribution in [0, 0.1) is 0 Å². The first-order chi connectivity index (χ1) is 19.6. The third-order valence-corrected chi connectivity index (χ3v) is 7.22. The van der Waals surface area contributed by atoms with Crippen molar-refractivity contribution in [2.75, 3.05) is 39.3 Å². The molecular formula is C31H33N5O4. The van der Waals surface area contributed by atoms with E-state index in [1.807, 2.05) is 66.7 Å². The van der Waals surface area contributed by atoms with Crippen LogP contribution >= 0.6 is 0 Å². The number of hydrogen-bond acceptors (Lipinski definition) is 9. The van der Waals surface area contributed by atoms with Gasteiger partial charge in [-0.05, 0) is 36.2 Å². The molecule has 0 saturated carbocycles. The molecule has 206 valence electrons. The Morgan fingerprint density at radius 1 is 0.925 bits per heavy atom. The smallest absolute Gasteiger partial charge is 0.241 e. The van der Waals surface area contributed by atoms with Crippen LogP contribution in [0.5, 0.6) is 5.75 Å². The van der Waals surface area contributed by atoms with Crippen molar-refractivity contribution >= 4 is 11.1 Å². The van der Waals surface area contributed by atoms with Crippen LogP contribution in [0.25, 0.3) is 33.9 Å². The number of nitrogens with zero attached hydrogens (tertiary/aromatic N) is 5. The molecule has 2 aromatic heterocycles. The number of ether oxygens (including phenoxy) is 1. The van der Waals surface area contributed by atoms with Crippen LogP contribution in [-0.2, 0) is 13.0 Å². The van der Waals surface area contributed by atoms with Gasteiger partial charge in [0.05, 0.1) is 6.54 Å². The lowest BCUT2D eigenvalue weighted by molar-refractivity contribution is 0.0426. The number of fused-ring (bicyclic) bond motifs is 1. The Balaban J connectivity index is 0.962. The van der Waals surface area contributed by atoms with Crippen molar-refractivity contribution in [1.29, 1.82) is 0 Å². The molecule has 9 heteroatoms. The summed E-state index contributed by atoms with van der Waals surface area (Å²) in [4.78, 5) is 13.8. The van der Waals surface area contributed by atoms with Gasteiger partial charge in [-0.1, -0.05) is 54.5 Å². The molecule has 3 aromatic carbocycles. The lowest BCUT2D eigenvalue weighted by atomic mass is 10.1. The molecule has 1 fully saturated rings. The fourth-order valence-electron chi connectivity index (χ4n) is 5.04.